The second-order valence-electron chi connectivity index (χ2n) is 3.14. The van der Waals surface area contributed by atoms with Gasteiger partial charge < -0.3 is 24.8 Å². The molecule has 5 nitrogen and oxygen atoms in total. The van der Waals surface area contributed by atoms with Crippen LogP contribution in [0, 0.1) is 0 Å². The predicted octanol–water partition coefficient (Wildman–Crippen LogP) is -1.15. The van der Waals surface area contributed by atoms with Crippen LogP contribution < -0.4 is 0 Å². The lowest BCUT2D eigenvalue weighted by atomic mass is 10.0. The van der Waals surface area contributed by atoms with E-state index in [1.165, 1.54) is 0 Å². The smallest absolute Gasteiger partial charge is 0.186 e. The molecule has 0 spiro atoms. The minimum Gasteiger partial charge on any atom is -0.388 e. The molecule has 1 aliphatic heterocycles. The van der Waals surface area contributed by atoms with Gasteiger partial charge in [0.1, 0.15) is 18.3 Å². The number of rotatable bonds is 2. The third-order valence-electron chi connectivity index (χ3n) is 2.14. The summed E-state index contributed by atoms with van der Waals surface area (Å²) in [6.45, 7) is 3.77. The van der Waals surface area contributed by atoms with E-state index in [-0.39, 0.29) is 0 Å². The monoisotopic (exact) mass is 192 g/mol. The Bertz CT molecular complexity index is 163. The van der Waals surface area contributed by atoms with Crippen molar-refractivity contribution in [2.45, 2.75) is 44.6 Å². The van der Waals surface area contributed by atoms with Crippen molar-refractivity contribution < 1.29 is 24.8 Å². The molecule has 0 aromatic heterocycles. The van der Waals surface area contributed by atoms with Gasteiger partial charge in [-0.2, -0.15) is 0 Å². The van der Waals surface area contributed by atoms with E-state index in [2.05, 4.69) is 0 Å². The minimum absolute atomic E-state index is 0.386. The molecule has 0 radical (unpaired) electrons. The van der Waals surface area contributed by atoms with Crippen molar-refractivity contribution in [2.24, 2.45) is 0 Å². The molecule has 13 heavy (non-hydrogen) atoms. The standard InChI is InChI=1S/C8H16O5/c1-3-12-8-7(11)6(10)5(9)4(2)13-8/h4-11H,3H2,1-2H3/t4-,5+,6+,7-,8+/m1/s1. The van der Waals surface area contributed by atoms with Gasteiger partial charge in [-0.05, 0) is 13.8 Å². The van der Waals surface area contributed by atoms with Crippen molar-refractivity contribution in [1.82, 2.24) is 0 Å². The summed E-state index contributed by atoms with van der Waals surface area (Å²) in [5.74, 6) is 0. The molecule has 78 valence electrons. The molecule has 0 aliphatic carbocycles. The highest BCUT2D eigenvalue weighted by atomic mass is 16.7. The van der Waals surface area contributed by atoms with Gasteiger partial charge in [0.15, 0.2) is 6.29 Å². The van der Waals surface area contributed by atoms with Gasteiger partial charge in [-0.1, -0.05) is 0 Å². The maximum atomic E-state index is 9.40. The van der Waals surface area contributed by atoms with Crippen LogP contribution >= 0.6 is 0 Å². The number of hydrogen-bond donors (Lipinski definition) is 3. The number of aliphatic hydroxyl groups is 3. The lowest BCUT2D eigenvalue weighted by Gasteiger charge is -2.38. The first-order valence-electron chi connectivity index (χ1n) is 4.39. The summed E-state index contributed by atoms with van der Waals surface area (Å²) < 4.78 is 10.2. The highest BCUT2D eigenvalue weighted by Crippen LogP contribution is 2.21. The topological polar surface area (TPSA) is 79.2 Å². The van der Waals surface area contributed by atoms with Crippen LogP contribution in [0.15, 0.2) is 0 Å². The summed E-state index contributed by atoms with van der Waals surface area (Å²) in [5, 5.41) is 28.1. The van der Waals surface area contributed by atoms with E-state index in [1.807, 2.05) is 0 Å². The average molecular weight is 192 g/mol. The Hall–Kier alpha value is -0.200. The molecular formula is C8H16O5. The van der Waals surface area contributed by atoms with Crippen LogP contribution in [0.1, 0.15) is 13.8 Å². The van der Waals surface area contributed by atoms with Crippen LogP contribution in [0.4, 0.5) is 0 Å². The fourth-order valence-corrected chi connectivity index (χ4v) is 1.32. The summed E-state index contributed by atoms with van der Waals surface area (Å²) in [6, 6.07) is 0. The third kappa shape index (κ3) is 2.18. The second-order valence-corrected chi connectivity index (χ2v) is 3.14. The van der Waals surface area contributed by atoms with Crippen LogP contribution in [-0.4, -0.2) is 52.6 Å². The number of aliphatic hydroxyl groups excluding tert-OH is 3. The van der Waals surface area contributed by atoms with E-state index < -0.39 is 30.7 Å². The maximum absolute atomic E-state index is 9.40. The number of hydrogen-bond acceptors (Lipinski definition) is 5. The Morgan fingerprint density at radius 3 is 2.31 bits per heavy atom. The van der Waals surface area contributed by atoms with Gasteiger partial charge in [0.2, 0.25) is 0 Å². The Balaban J connectivity index is 2.59. The highest BCUT2D eigenvalue weighted by Gasteiger charge is 2.42. The van der Waals surface area contributed by atoms with Crippen molar-refractivity contribution in [1.29, 1.82) is 0 Å². The molecule has 0 aromatic rings. The molecule has 1 saturated heterocycles. The first-order valence-corrected chi connectivity index (χ1v) is 4.39. The Labute approximate surface area is 76.9 Å². The normalized spacial score (nSPS) is 46.4. The van der Waals surface area contributed by atoms with E-state index in [0.717, 1.165) is 0 Å². The van der Waals surface area contributed by atoms with Crippen molar-refractivity contribution in [3.8, 4) is 0 Å². The second kappa shape index (κ2) is 4.34. The van der Waals surface area contributed by atoms with Gasteiger partial charge in [-0.3, -0.25) is 0 Å². The van der Waals surface area contributed by atoms with E-state index in [0.29, 0.717) is 6.61 Å². The number of ether oxygens (including phenoxy) is 2. The fourth-order valence-electron chi connectivity index (χ4n) is 1.32. The Morgan fingerprint density at radius 2 is 1.77 bits per heavy atom. The fraction of sp³-hybridized carbons (Fsp3) is 1.00. The molecule has 0 bridgehead atoms. The van der Waals surface area contributed by atoms with Crippen molar-refractivity contribution in [2.75, 3.05) is 6.61 Å². The lowest BCUT2D eigenvalue weighted by Crippen LogP contribution is -2.57. The summed E-state index contributed by atoms with van der Waals surface area (Å²) >= 11 is 0. The zero-order valence-corrected chi connectivity index (χ0v) is 7.75. The molecule has 5 heteroatoms. The Kier molecular flexibility index (Phi) is 3.63. The van der Waals surface area contributed by atoms with Crippen LogP contribution in [-0.2, 0) is 9.47 Å². The lowest BCUT2D eigenvalue weighted by molar-refractivity contribution is -0.291. The SMILES string of the molecule is CCO[C@H]1O[C@H](C)[C@H](O)[C@H](O)[C@H]1O. The van der Waals surface area contributed by atoms with Gasteiger partial charge in [0, 0.05) is 6.61 Å². The zero-order valence-electron chi connectivity index (χ0n) is 7.75. The van der Waals surface area contributed by atoms with Gasteiger partial charge >= 0.3 is 0 Å². The summed E-state index contributed by atoms with van der Waals surface area (Å²) in [5.41, 5.74) is 0. The zero-order chi connectivity index (χ0) is 10.0. The molecule has 0 amide bonds. The van der Waals surface area contributed by atoms with E-state index in [9.17, 15) is 15.3 Å². The average Bonchev–Trinajstić information content (AvgIpc) is 2.11. The molecule has 1 aliphatic rings. The molecule has 0 saturated carbocycles. The predicted molar refractivity (Wildman–Crippen MR) is 44.0 cm³/mol. The highest BCUT2D eigenvalue weighted by molar-refractivity contribution is 4.86. The largest absolute Gasteiger partial charge is 0.388 e. The molecule has 0 aromatic carbocycles. The van der Waals surface area contributed by atoms with Crippen molar-refractivity contribution in [3.63, 3.8) is 0 Å². The van der Waals surface area contributed by atoms with Gasteiger partial charge in [-0.25, -0.2) is 0 Å². The van der Waals surface area contributed by atoms with E-state index >= 15 is 0 Å². The van der Waals surface area contributed by atoms with Crippen LogP contribution in [0.25, 0.3) is 0 Å². The van der Waals surface area contributed by atoms with Gasteiger partial charge in [0.25, 0.3) is 0 Å². The third-order valence-corrected chi connectivity index (χ3v) is 2.14. The minimum atomic E-state index is -1.21. The van der Waals surface area contributed by atoms with Gasteiger partial charge in [0.05, 0.1) is 6.10 Å². The van der Waals surface area contributed by atoms with Crippen LogP contribution in [0.3, 0.4) is 0 Å². The molecule has 1 heterocycles. The molecule has 3 N–H and O–H groups in total. The summed E-state index contributed by atoms with van der Waals surface area (Å²) in [6.07, 6.45) is -4.84. The van der Waals surface area contributed by atoms with E-state index in [4.69, 9.17) is 9.47 Å². The molecule has 5 atom stereocenters. The molecule has 0 unspecified atom stereocenters. The molecule has 1 rings (SSSR count). The molecule has 1 fully saturated rings. The summed E-state index contributed by atoms with van der Waals surface area (Å²) in [7, 11) is 0. The van der Waals surface area contributed by atoms with Crippen LogP contribution in [0.5, 0.6) is 0 Å². The Morgan fingerprint density at radius 1 is 1.15 bits per heavy atom. The van der Waals surface area contributed by atoms with Gasteiger partial charge in [-0.15, -0.1) is 0 Å². The van der Waals surface area contributed by atoms with E-state index in [1.54, 1.807) is 13.8 Å². The van der Waals surface area contributed by atoms with Crippen molar-refractivity contribution >= 4 is 0 Å². The quantitative estimate of drug-likeness (QED) is 0.515. The molecular weight excluding hydrogens is 176 g/mol. The van der Waals surface area contributed by atoms with Crippen LogP contribution in [0.2, 0.25) is 0 Å². The summed E-state index contributed by atoms with van der Waals surface area (Å²) in [4.78, 5) is 0. The van der Waals surface area contributed by atoms with Crippen molar-refractivity contribution in [3.05, 3.63) is 0 Å². The first kappa shape index (κ1) is 10.9. The maximum Gasteiger partial charge on any atom is 0.186 e. The first-order chi connectivity index (χ1) is 6.07.